The molecule has 0 aromatic heterocycles. The van der Waals surface area contributed by atoms with E-state index in [-0.39, 0.29) is 0 Å². The molecule has 104 valence electrons. The summed E-state index contributed by atoms with van der Waals surface area (Å²) in [5.74, 6) is -0.940. The Labute approximate surface area is 122 Å². The lowest BCUT2D eigenvalue weighted by Gasteiger charge is -2.23. The lowest BCUT2D eigenvalue weighted by Crippen LogP contribution is -2.28. The van der Waals surface area contributed by atoms with E-state index in [0.29, 0.717) is 0 Å². The molecule has 0 spiro atoms. The van der Waals surface area contributed by atoms with E-state index < -0.39 is 5.97 Å². The van der Waals surface area contributed by atoms with Crippen LogP contribution in [-0.4, -0.2) is 50.2 Å². The topological polar surface area (TPSA) is 43.8 Å². The number of hydrogen-bond acceptors (Lipinski definition) is 3. The van der Waals surface area contributed by atoms with Crippen LogP contribution in [0.15, 0.2) is 28.7 Å². The van der Waals surface area contributed by atoms with Gasteiger partial charge in [0.2, 0.25) is 0 Å². The molecule has 0 aliphatic rings. The molecule has 0 saturated carbocycles. The second kappa shape index (κ2) is 7.31. The number of carbonyl (C=O) groups is 1. The van der Waals surface area contributed by atoms with Gasteiger partial charge in [-0.3, -0.25) is 0 Å². The van der Waals surface area contributed by atoms with Crippen LogP contribution in [-0.2, 0) is 4.79 Å². The normalized spacial score (nSPS) is 11.2. The van der Waals surface area contributed by atoms with Gasteiger partial charge in [0.25, 0.3) is 0 Å². The quantitative estimate of drug-likeness (QED) is 0.816. The minimum absolute atomic E-state index is 0.872. The number of hydrogen-bond donors (Lipinski definition) is 1. The molecule has 0 bridgehead atoms. The van der Waals surface area contributed by atoms with Crippen molar-refractivity contribution < 1.29 is 9.90 Å². The van der Waals surface area contributed by atoms with Crippen molar-refractivity contribution in [2.45, 2.75) is 0 Å². The molecule has 0 heterocycles. The van der Waals surface area contributed by atoms with Gasteiger partial charge in [-0.1, -0.05) is 22.0 Å². The van der Waals surface area contributed by atoms with E-state index in [4.69, 9.17) is 5.11 Å². The first kappa shape index (κ1) is 15.7. The first-order valence-corrected chi connectivity index (χ1v) is 6.76. The lowest BCUT2D eigenvalue weighted by molar-refractivity contribution is -0.131. The van der Waals surface area contributed by atoms with Crippen molar-refractivity contribution in [1.29, 1.82) is 0 Å². The number of rotatable bonds is 6. The van der Waals surface area contributed by atoms with E-state index in [9.17, 15) is 4.79 Å². The highest BCUT2D eigenvalue weighted by Crippen LogP contribution is 2.25. The van der Waals surface area contributed by atoms with Crippen LogP contribution in [0.25, 0.3) is 6.08 Å². The van der Waals surface area contributed by atoms with Gasteiger partial charge in [0, 0.05) is 36.4 Å². The maximum absolute atomic E-state index is 10.6. The van der Waals surface area contributed by atoms with Gasteiger partial charge in [0.15, 0.2) is 0 Å². The van der Waals surface area contributed by atoms with Gasteiger partial charge in [-0.15, -0.1) is 0 Å². The summed E-state index contributed by atoms with van der Waals surface area (Å²) in [4.78, 5) is 14.8. The van der Waals surface area contributed by atoms with Crippen LogP contribution in [0.4, 0.5) is 5.69 Å². The molecule has 0 aliphatic carbocycles. The Morgan fingerprint density at radius 3 is 2.58 bits per heavy atom. The monoisotopic (exact) mass is 326 g/mol. The molecule has 4 nitrogen and oxygen atoms in total. The number of carboxylic acid groups (broad SMARTS) is 1. The summed E-state index contributed by atoms with van der Waals surface area (Å²) in [6, 6.07) is 5.81. The summed E-state index contributed by atoms with van der Waals surface area (Å²) in [5.41, 5.74) is 1.90. The van der Waals surface area contributed by atoms with Gasteiger partial charge in [-0.2, -0.15) is 0 Å². The van der Waals surface area contributed by atoms with E-state index in [1.807, 2.05) is 39.3 Å². The third-order valence-corrected chi connectivity index (χ3v) is 3.19. The fraction of sp³-hybridized carbons (Fsp3) is 0.357. The average Bonchev–Trinajstić information content (AvgIpc) is 2.34. The predicted molar refractivity (Wildman–Crippen MR) is 82.6 cm³/mol. The highest BCUT2D eigenvalue weighted by Gasteiger charge is 2.07. The standard InChI is InChI=1S/C14H19BrN2O2/c1-16(2)8-9-17(3)13-10-12(15)6-4-11(13)5-7-14(18)19/h4-7,10H,8-9H2,1-3H3,(H,18,19). The second-order valence-corrected chi connectivity index (χ2v) is 5.52. The average molecular weight is 327 g/mol. The zero-order valence-electron chi connectivity index (χ0n) is 11.4. The molecule has 0 radical (unpaired) electrons. The van der Waals surface area contributed by atoms with Gasteiger partial charge < -0.3 is 14.9 Å². The summed E-state index contributed by atoms with van der Waals surface area (Å²) in [6.07, 6.45) is 2.78. The Hall–Kier alpha value is -1.33. The van der Waals surface area contributed by atoms with Gasteiger partial charge in [-0.25, -0.2) is 4.79 Å². The Balaban J connectivity index is 2.96. The zero-order valence-corrected chi connectivity index (χ0v) is 13.0. The highest BCUT2D eigenvalue weighted by molar-refractivity contribution is 9.10. The number of carboxylic acids is 1. The van der Waals surface area contributed by atoms with Crippen molar-refractivity contribution in [1.82, 2.24) is 4.90 Å². The number of likely N-dealkylation sites (N-methyl/N-ethyl adjacent to an activating group) is 2. The van der Waals surface area contributed by atoms with Gasteiger partial charge >= 0.3 is 5.97 Å². The van der Waals surface area contributed by atoms with Crippen LogP contribution in [0.5, 0.6) is 0 Å². The lowest BCUT2D eigenvalue weighted by atomic mass is 10.1. The van der Waals surface area contributed by atoms with Crippen molar-refractivity contribution in [3.63, 3.8) is 0 Å². The molecule has 0 saturated heterocycles. The van der Waals surface area contributed by atoms with Gasteiger partial charge in [0.05, 0.1) is 0 Å². The fourth-order valence-electron chi connectivity index (χ4n) is 1.62. The van der Waals surface area contributed by atoms with E-state index in [0.717, 1.165) is 34.9 Å². The Morgan fingerprint density at radius 1 is 1.32 bits per heavy atom. The summed E-state index contributed by atoms with van der Waals surface area (Å²) in [5, 5.41) is 8.72. The molecule has 1 aromatic rings. The molecule has 0 fully saturated rings. The van der Waals surface area contributed by atoms with Crippen molar-refractivity contribution in [3.8, 4) is 0 Å². The molecule has 0 amide bonds. The van der Waals surface area contributed by atoms with Crippen LogP contribution in [0.1, 0.15) is 5.56 Å². The Morgan fingerprint density at radius 2 is 2.00 bits per heavy atom. The third kappa shape index (κ3) is 5.44. The van der Waals surface area contributed by atoms with Crippen LogP contribution in [0.3, 0.4) is 0 Å². The largest absolute Gasteiger partial charge is 0.478 e. The molecule has 1 N–H and O–H groups in total. The number of halogens is 1. The van der Waals surface area contributed by atoms with Crippen LogP contribution >= 0.6 is 15.9 Å². The SMILES string of the molecule is CN(C)CCN(C)c1cc(Br)ccc1C=CC(=O)O. The van der Waals surface area contributed by atoms with E-state index in [1.165, 1.54) is 0 Å². The molecular formula is C14H19BrN2O2. The molecule has 5 heteroatoms. The summed E-state index contributed by atoms with van der Waals surface area (Å²) < 4.78 is 0.978. The third-order valence-electron chi connectivity index (χ3n) is 2.69. The molecule has 1 rings (SSSR count). The Bertz CT molecular complexity index is 473. The number of nitrogens with zero attached hydrogens (tertiary/aromatic N) is 2. The first-order chi connectivity index (χ1) is 8.90. The number of anilines is 1. The van der Waals surface area contributed by atoms with Gasteiger partial charge in [0.1, 0.15) is 0 Å². The van der Waals surface area contributed by atoms with E-state index >= 15 is 0 Å². The predicted octanol–water partition coefficient (Wildman–Crippen LogP) is 2.54. The molecule has 19 heavy (non-hydrogen) atoms. The number of benzene rings is 1. The minimum atomic E-state index is -0.940. The smallest absolute Gasteiger partial charge is 0.328 e. The number of aliphatic carboxylic acids is 1. The molecule has 0 unspecified atom stereocenters. The van der Waals surface area contributed by atoms with Crippen molar-refractivity contribution >= 4 is 33.7 Å². The van der Waals surface area contributed by atoms with Crippen LogP contribution < -0.4 is 4.90 Å². The summed E-state index contributed by atoms with van der Waals surface area (Å²) in [6.45, 7) is 1.81. The van der Waals surface area contributed by atoms with Crippen LogP contribution in [0.2, 0.25) is 0 Å². The summed E-state index contributed by atoms with van der Waals surface area (Å²) >= 11 is 3.45. The fourth-order valence-corrected chi connectivity index (χ4v) is 1.97. The minimum Gasteiger partial charge on any atom is -0.478 e. The maximum atomic E-state index is 10.6. The first-order valence-electron chi connectivity index (χ1n) is 5.96. The van der Waals surface area contributed by atoms with Crippen molar-refractivity contribution in [2.24, 2.45) is 0 Å². The van der Waals surface area contributed by atoms with Crippen LogP contribution in [0, 0.1) is 0 Å². The van der Waals surface area contributed by atoms with Crippen molar-refractivity contribution in [2.75, 3.05) is 39.1 Å². The zero-order chi connectivity index (χ0) is 14.4. The molecule has 1 aromatic carbocycles. The summed E-state index contributed by atoms with van der Waals surface area (Å²) in [7, 11) is 6.06. The van der Waals surface area contributed by atoms with E-state index in [1.54, 1.807) is 6.08 Å². The molecular weight excluding hydrogens is 308 g/mol. The van der Waals surface area contributed by atoms with Gasteiger partial charge in [-0.05, 0) is 37.9 Å². The molecule has 0 aliphatic heterocycles. The second-order valence-electron chi connectivity index (χ2n) is 4.60. The molecule has 0 atom stereocenters. The maximum Gasteiger partial charge on any atom is 0.328 e. The van der Waals surface area contributed by atoms with Crippen molar-refractivity contribution in [3.05, 3.63) is 34.3 Å². The van der Waals surface area contributed by atoms with E-state index in [2.05, 4.69) is 25.7 Å². The Kier molecular flexibility index (Phi) is 6.05. The highest BCUT2D eigenvalue weighted by atomic mass is 79.9.